The maximum absolute atomic E-state index is 12.2. The number of anilines is 2. The molecule has 2 aromatic carbocycles. The molecule has 0 saturated heterocycles. The van der Waals surface area contributed by atoms with Gasteiger partial charge in [-0.1, -0.05) is 25.1 Å². The molecule has 6 nitrogen and oxygen atoms in total. The number of fused-ring (bicyclic) bond motifs is 1. The Morgan fingerprint density at radius 1 is 1.16 bits per heavy atom. The van der Waals surface area contributed by atoms with E-state index < -0.39 is 5.76 Å². The number of aromatic nitrogens is 1. The Morgan fingerprint density at radius 2 is 1.92 bits per heavy atom. The van der Waals surface area contributed by atoms with E-state index in [4.69, 9.17) is 4.42 Å². The van der Waals surface area contributed by atoms with Crippen molar-refractivity contribution < 1.29 is 9.21 Å². The minimum absolute atomic E-state index is 0.00130. The molecule has 0 bridgehead atoms. The molecule has 1 aromatic heterocycles. The highest BCUT2D eigenvalue weighted by Gasteiger charge is 2.13. The summed E-state index contributed by atoms with van der Waals surface area (Å²) in [6, 6.07) is 12.5. The predicted octanol–water partition coefficient (Wildman–Crippen LogP) is 4.38. The van der Waals surface area contributed by atoms with Crippen LogP contribution in [0.25, 0.3) is 11.1 Å². The van der Waals surface area contributed by atoms with Crippen molar-refractivity contribution in [3.63, 3.8) is 0 Å². The molecule has 2 N–H and O–H groups in total. The van der Waals surface area contributed by atoms with E-state index in [1.807, 2.05) is 45.0 Å². The Bertz CT molecular complexity index is 969. The number of amides is 2. The number of oxazole rings is 1. The monoisotopic (exact) mass is 339 g/mol. The third-order valence-electron chi connectivity index (χ3n) is 4.03. The van der Waals surface area contributed by atoms with E-state index in [0.717, 1.165) is 17.7 Å². The Labute approximate surface area is 145 Å². The molecule has 0 saturated carbocycles. The van der Waals surface area contributed by atoms with Crippen LogP contribution in [0.3, 0.4) is 0 Å². The van der Waals surface area contributed by atoms with E-state index in [0.29, 0.717) is 16.8 Å². The van der Waals surface area contributed by atoms with E-state index in [1.165, 1.54) is 0 Å². The number of rotatable bonds is 4. The maximum Gasteiger partial charge on any atom is 0.420 e. The number of para-hydroxylation sites is 1. The highest BCUT2D eigenvalue weighted by molar-refractivity contribution is 6.01. The number of carbonyl (C=O) groups is 1. The molecule has 1 heterocycles. The van der Waals surface area contributed by atoms with Crippen molar-refractivity contribution in [1.82, 2.24) is 4.57 Å². The molecule has 2 amide bonds. The van der Waals surface area contributed by atoms with Crippen molar-refractivity contribution in [2.45, 2.75) is 33.2 Å². The molecule has 130 valence electrons. The number of benzene rings is 2. The molecule has 6 heteroatoms. The van der Waals surface area contributed by atoms with Crippen molar-refractivity contribution in [2.24, 2.45) is 0 Å². The summed E-state index contributed by atoms with van der Waals surface area (Å²) in [5, 5.41) is 5.62. The van der Waals surface area contributed by atoms with Crippen molar-refractivity contribution >= 4 is 28.5 Å². The van der Waals surface area contributed by atoms with Crippen LogP contribution in [0.15, 0.2) is 51.7 Å². The van der Waals surface area contributed by atoms with Gasteiger partial charge in [-0.25, -0.2) is 9.59 Å². The minimum atomic E-state index is -0.400. The van der Waals surface area contributed by atoms with Gasteiger partial charge in [-0.05, 0) is 44.0 Å². The number of urea groups is 1. The minimum Gasteiger partial charge on any atom is -0.408 e. The Hall–Kier alpha value is -3.02. The van der Waals surface area contributed by atoms with Crippen LogP contribution in [0, 0.1) is 0 Å². The van der Waals surface area contributed by atoms with E-state index in [2.05, 4.69) is 10.6 Å². The Balaban J connectivity index is 1.81. The van der Waals surface area contributed by atoms with Gasteiger partial charge in [-0.15, -0.1) is 0 Å². The molecule has 25 heavy (non-hydrogen) atoms. The van der Waals surface area contributed by atoms with Gasteiger partial charge in [0.25, 0.3) is 0 Å². The third kappa shape index (κ3) is 3.42. The predicted molar refractivity (Wildman–Crippen MR) is 99.3 cm³/mol. The molecular formula is C19H21N3O3. The van der Waals surface area contributed by atoms with E-state index in [-0.39, 0.29) is 12.1 Å². The van der Waals surface area contributed by atoms with Gasteiger partial charge in [0.15, 0.2) is 5.58 Å². The SMILES string of the molecule is CCc1ccccc1NC(=O)Nc1ccc2c(c1)oc(=O)n2C(C)C. The normalized spacial score (nSPS) is 11.0. The fourth-order valence-electron chi connectivity index (χ4n) is 2.84. The van der Waals surface area contributed by atoms with Crippen molar-refractivity contribution in [2.75, 3.05) is 10.6 Å². The lowest BCUT2D eigenvalue weighted by atomic mass is 10.1. The Morgan fingerprint density at radius 3 is 2.64 bits per heavy atom. The summed E-state index contributed by atoms with van der Waals surface area (Å²) in [4.78, 5) is 24.2. The molecule has 0 radical (unpaired) electrons. The summed E-state index contributed by atoms with van der Waals surface area (Å²) in [7, 11) is 0. The number of hydrogen-bond acceptors (Lipinski definition) is 3. The van der Waals surface area contributed by atoms with E-state index in [9.17, 15) is 9.59 Å². The van der Waals surface area contributed by atoms with Crippen LogP contribution >= 0.6 is 0 Å². The zero-order chi connectivity index (χ0) is 18.0. The van der Waals surface area contributed by atoms with Gasteiger partial charge >= 0.3 is 11.8 Å². The van der Waals surface area contributed by atoms with Gasteiger partial charge in [0.1, 0.15) is 0 Å². The van der Waals surface area contributed by atoms with E-state index in [1.54, 1.807) is 22.8 Å². The first kappa shape index (κ1) is 16.8. The average Bonchev–Trinajstić information content (AvgIpc) is 2.90. The lowest BCUT2D eigenvalue weighted by molar-refractivity contribution is 0.262. The van der Waals surface area contributed by atoms with Crippen LogP contribution in [0.2, 0.25) is 0 Å². The smallest absolute Gasteiger partial charge is 0.408 e. The summed E-state index contributed by atoms with van der Waals surface area (Å²) in [5.41, 5.74) is 3.56. The highest BCUT2D eigenvalue weighted by atomic mass is 16.4. The molecule has 3 aromatic rings. The second kappa shape index (κ2) is 6.84. The fraction of sp³-hybridized carbons (Fsp3) is 0.263. The van der Waals surface area contributed by atoms with Crippen LogP contribution in [0.5, 0.6) is 0 Å². The van der Waals surface area contributed by atoms with Crippen LogP contribution < -0.4 is 16.4 Å². The molecule has 3 rings (SSSR count). The summed E-state index contributed by atoms with van der Waals surface area (Å²) >= 11 is 0. The molecule has 0 aliphatic carbocycles. The lowest BCUT2D eigenvalue weighted by Crippen LogP contribution is -2.20. The van der Waals surface area contributed by atoms with Crippen LogP contribution in [-0.4, -0.2) is 10.6 Å². The average molecular weight is 339 g/mol. The van der Waals surface area contributed by atoms with Crippen LogP contribution in [0.4, 0.5) is 16.2 Å². The number of nitrogens with one attached hydrogen (secondary N) is 2. The second-order valence-corrected chi connectivity index (χ2v) is 6.10. The van der Waals surface area contributed by atoms with Gasteiger partial charge in [0, 0.05) is 23.5 Å². The quantitative estimate of drug-likeness (QED) is 0.740. The summed E-state index contributed by atoms with van der Waals surface area (Å²) in [6.45, 7) is 5.87. The van der Waals surface area contributed by atoms with Crippen LogP contribution in [-0.2, 0) is 6.42 Å². The largest absolute Gasteiger partial charge is 0.420 e. The molecule has 0 unspecified atom stereocenters. The number of hydrogen-bond donors (Lipinski definition) is 2. The lowest BCUT2D eigenvalue weighted by Gasteiger charge is -2.11. The third-order valence-corrected chi connectivity index (χ3v) is 4.03. The summed E-state index contributed by atoms with van der Waals surface area (Å²) in [6.07, 6.45) is 0.830. The molecule has 0 atom stereocenters. The van der Waals surface area contributed by atoms with Crippen molar-refractivity contribution in [3.05, 3.63) is 58.6 Å². The van der Waals surface area contributed by atoms with Gasteiger partial charge in [-0.2, -0.15) is 0 Å². The fourth-order valence-corrected chi connectivity index (χ4v) is 2.84. The first-order valence-electron chi connectivity index (χ1n) is 8.30. The first-order valence-corrected chi connectivity index (χ1v) is 8.30. The zero-order valence-corrected chi connectivity index (χ0v) is 14.5. The van der Waals surface area contributed by atoms with E-state index >= 15 is 0 Å². The number of carbonyl (C=O) groups excluding carboxylic acids is 1. The summed E-state index contributed by atoms with van der Waals surface area (Å²) < 4.78 is 6.85. The van der Waals surface area contributed by atoms with Crippen molar-refractivity contribution in [1.29, 1.82) is 0 Å². The Kier molecular flexibility index (Phi) is 4.61. The first-order chi connectivity index (χ1) is 12.0. The topological polar surface area (TPSA) is 76.3 Å². The van der Waals surface area contributed by atoms with Crippen LogP contribution in [0.1, 0.15) is 32.4 Å². The molecule has 0 aliphatic heterocycles. The number of aryl methyl sites for hydroxylation is 1. The molecule has 0 fully saturated rings. The van der Waals surface area contributed by atoms with Gasteiger partial charge in [0.05, 0.1) is 5.52 Å². The van der Waals surface area contributed by atoms with Crippen molar-refractivity contribution in [3.8, 4) is 0 Å². The number of nitrogens with zero attached hydrogens (tertiary/aromatic N) is 1. The molecule has 0 aliphatic rings. The second-order valence-electron chi connectivity index (χ2n) is 6.10. The zero-order valence-electron chi connectivity index (χ0n) is 14.5. The maximum atomic E-state index is 12.2. The molecule has 0 spiro atoms. The highest BCUT2D eigenvalue weighted by Crippen LogP contribution is 2.21. The van der Waals surface area contributed by atoms with Gasteiger partial charge in [0.2, 0.25) is 0 Å². The molecular weight excluding hydrogens is 318 g/mol. The van der Waals surface area contributed by atoms with Gasteiger partial charge < -0.3 is 15.1 Å². The van der Waals surface area contributed by atoms with Gasteiger partial charge in [-0.3, -0.25) is 4.57 Å². The standard InChI is InChI=1S/C19H21N3O3/c1-4-13-7-5-6-8-15(13)21-18(23)20-14-9-10-16-17(11-14)25-19(24)22(16)12(2)3/h5-12H,4H2,1-3H3,(H2,20,21,23). The summed E-state index contributed by atoms with van der Waals surface area (Å²) in [5.74, 6) is -0.400.